The molecule has 0 N–H and O–H groups in total. The van der Waals surface area contributed by atoms with Crippen LogP contribution >= 0.6 is 34.5 Å². The number of fused-ring (bicyclic) bond motifs is 1. The standard InChI is InChI=1S/C19H9Cl2N3O3S/c20-12-5-3-10(8-13(12)21)14-6-4-11(27-14)9-16-18(25)24-19(28-16)22-17(23-24)15-2-1-7-26-15/h1-9H. The molecule has 138 valence electrons. The predicted octanol–water partition coefficient (Wildman–Crippen LogP) is 4.53. The molecule has 1 aromatic carbocycles. The van der Waals surface area contributed by atoms with Crippen molar-refractivity contribution in [2.24, 2.45) is 0 Å². The summed E-state index contributed by atoms with van der Waals surface area (Å²) < 4.78 is 12.8. The first kappa shape index (κ1) is 17.2. The molecule has 0 saturated heterocycles. The zero-order chi connectivity index (χ0) is 19.3. The van der Waals surface area contributed by atoms with Crippen LogP contribution in [0, 0.1) is 0 Å². The minimum absolute atomic E-state index is 0.266. The largest absolute Gasteiger partial charge is 0.461 e. The van der Waals surface area contributed by atoms with Gasteiger partial charge in [0.15, 0.2) is 5.76 Å². The predicted molar refractivity (Wildman–Crippen MR) is 108 cm³/mol. The molecule has 0 aliphatic rings. The average Bonchev–Trinajstić information content (AvgIpc) is 3.45. The van der Waals surface area contributed by atoms with Crippen LogP contribution in [-0.4, -0.2) is 14.6 Å². The van der Waals surface area contributed by atoms with E-state index in [2.05, 4.69) is 10.1 Å². The third-order valence-electron chi connectivity index (χ3n) is 4.03. The molecule has 4 aromatic heterocycles. The first-order chi connectivity index (χ1) is 13.6. The average molecular weight is 430 g/mol. The number of benzene rings is 1. The van der Waals surface area contributed by atoms with Gasteiger partial charge in [0, 0.05) is 11.6 Å². The Hall–Kier alpha value is -2.87. The molecule has 0 spiro atoms. The first-order valence-electron chi connectivity index (χ1n) is 8.09. The van der Waals surface area contributed by atoms with Crippen molar-refractivity contribution in [1.82, 2.24) is 14.6 Å². The lowest BCUT2D eigenvalue weighted by atomic mass is 10.2. The van der Waals surface area contributed by atoms with Crippen LogP contribution in [0.1, 0.15) is 5.76 Å². The highest BCUT2D eigenvalue weighted by molar-refractivity contribution is 7.15. The molecule has 9 heteroatoms. The summed E-state index contributed by atoms with van der Waals surface area (Å²) in [6.45, 7) is 0. The van der Waals surface area contributed by atoms with E-state index in [-0.39, 0.29) is 5.56 Å². The summed E-state index contributed by atoms with van der Waals surface area (Å²) >= 11 is 13.2. The van der Waals surface area contributed by atoms with Gasteiger partial charge in [-0.25, -0.2) is 0 Å². The molecule has 0 fully saturated rings. The van der Waals surface area contributed by atoms with E-state index >= 15 is 0 Å². The molecule has 5 rings (SSSR count). The Kier molecular flexibility index (Phi) is 4.08. The summed E-state index contributed by atoms with van der Waals surface area (Å²) in [5.41, 5.74) is 0.528. The van der Waals surface area contributed by atoms with Crippen LogP contribution in [0.2, 0.25) is 10.0 Å². The fourth-order valence-electron chi connectivity index (χ4n) is 2.71. The maximum atomic E-state index is 12.6. The van der Waals surface area contributed by atoms with Crippen molar-refractivity contribution < 1.29 is 8.83 Å². The van der Waals surface area contributed by atoms with Crippen molar-refractivity contribution in [2.45, 2.75) is 0 Å². The number of thiazole rings is 1. The molecule has 28 heavy (non-hydrogen) atoms. The van der Waals surface area contributed by atoms with E-state index in [0.717, 1.165) is 5.56 Å². The zero-order valence-electron chi connectivity index (χ0n) is 13.9. The van der Waals surface area contributed by atoms with E-state index < -0.39 is 0 Å². The number of hydrogen-bond acceptors (Lipinski definition) is 6. The third kappa shape index (κ3) is 2.93. The first-order valence-corrected chi connectivity index (χ1v) is 9.66. The molecule has 0 atom stereocenters. The Morgan fingerprint density at radius 2 is 1.96 bits per heavy atom. The van der Waals surface area contributed by atoms with Gasteiger partial charge in [0.1, 0.15) is 16.1 Å². The van der Waals surface area contributed by atoms with Crippen LogP contribution < -0.4 is 10.1 Å². The molecule has 0 radical (unpaired) electrons. The normalized spacial score (nSPS) is 12.3. The SMILES string of the molecule is O=c1c(=Cc2ccc(-c3ccc(Cl)c(Cl)c3)o2)sc2nc(-c3ccco3)nn12. The highest BCUT2D eigenvalue weighted by Crippen LogP contribution is 2.29. The van der Waals surface area contributed by atoms with Gasteiger partial charge in [-0.15, -0.1) is 5.10 Å². The van der Waals surface area contributed by atoms with E-state index in [1.807, 2.05) is 12.1 Å². The van der Waals surface area contributed by atoms with Crippen molar-refractivity contribution in [3.05, 3.63) is 79.4 Å². The summed E-state index contributed by atoms with van der Waals surface area (Å²) in [6.07, 6.45) is 3.20. The molecule has 0 aliphatic carbocycles. The molecule has 4 heterocycles. The van der Waals surface area contributed by atoms with Crippen molar-refractivity contribution in [1.29, 1.82) is 0 Å². The van der Waals surface area contributed by atoms with Gasteiger partial charge in [0.25, 0.3) is 5.56 Å². The van der Waals surface area contributed by atoms with Gasteiger partial charge in [-0.2, -0.15) is 9.50 Å². The molecule has 0 amide bonds. The van der Waals surface area contributed by atoms with E-state index in [1.165, 1.54) is 22.1 Å². The van der Waals surface area contributed by atoms with Crippen molar-refractivity contribution in [2.75, 3.05) is 0 Å². The second-order valence-corrected chi connectivity index (χ2v) is 7.68. The maximum Gasteiger partial charge on any atom is 0.291 e. The molecular weight excluding hydrogens is 421 g/mol. The maximum absolute atomic E-state index is 12.6. The molecule has 5 aromatic rings. The Labute approximate surface area is 171 Å². The summed E-state index contributed by atoms with van der Waals surface area (Å²) in [6, 6.07) is 12.3. The summed E-state index contributed by atoms with van der Waals surface area (Å²) in [5.74, 6) is 2.05. The molecule has 0 unspecified atom stereocenters. The second-order valence-electron chi connectivity index (χ2n) is 5.85. The van der Waals surface area contributed by atoms with E-state index in [4.69, 9.17) is 32.0 Å². The minimum Gasteiger partial charge on any atom is -0.461 e. The monoisotopic (exact) mass is 429 g/mol. The van der Waals surface area contributed by atoms with Crippen LogP contribution in [0.3, 0.4) is 0 Å². The van der Waals surface area contributed by atoms with Crippen LogP contribution in [0.25, 0.3) is 33.9 Å². The highest BCUT2D eigenvalue weighted by Gasteiger charge is 2.14. The molecule has 0 aliphatic heterocycles. The van der Waals surface area contributed by atoms with Crippen molar-refractivity contribution >= 4 is 45.6 Å². The Morgan fingerprint density at radius 3 is 2.71 bits per heavy atom. The highest BCUT2D eigenvalue weighted by atomic mass is 35.5. The van der Waals surface area contributed by atoms with Gasteiger partial charge < -0.3 is 8.83 Å². The lowest BCUT2D eigenvalue weighted by Gasteiger charge is -1.99. The Morgan fingerprint density at radius 1 is 1.07 bits per heavy atom. The topological polar surface area (TPSA) is 73.5 Å². The van der Waals surface area contributed by atoms with Gasteiger partial charge >= 0.3 is 0 Å². The minimum atomic E-state index is -0.266. The van der Waals surface area contributed by atoms with Crippen LogP contribution in [0.15, 0.2) is 62.4 Å². The smallest absolute Gasteiger partial charge is 0.291 e. The van der Waals surface area contributed by atoms with Crippen molar-refractivity contribution in [3.8, 4) is 22.9 Å². The van der Waals surface area contributed by atoms with E-state index in [0.29, 0.717) is 42.6 Å². The number of halogens is 2. The quantitative estimate of drug-likeness (QED) is 0.421. The molecule has 6 nitrogen and oxygen atoms in total. The summed E-state index contributed by atoms with van der Waals surface area (Å²) in [4.78, 5) is 17.4. The molecular formula is C19H9Cl2N3O3S. The second kappa shape index (κ2) is 6.63. The van der Waals surface area contributed by atoms with Crippen LogP contribution in [0.5, 0.6) is 0 Å². The third-order valence-corrected chi connectivity index (χ3v) is 5.73. The number of nitrogens with zero attached hydrogens (tertiary/aromatic N) is 3. The lowest BCUT2D eigenvalue weighted by molar-refractivity contribution is 0.571. The molecule has 0 bridgehead atoms. The zero-order valence-corrected chi connectivity index (χ0v) is 16.3. The number of hydrogen-bond donors (Lipinski definition) is 0. The van der Waals surface area contributed by atoms with Crippen LogP contribution in [-0.2, 0) is 0 Å². The van der Waals surface area contributed by atoms with Gasteiger partial charge in [0.2, 0.25) is 10.8 Å². The van der Waals surface area contributed by atoms with E-state index in [1.54, 1.807) is 36.4 Å². The Balaban J connectivity index is 1.52. The van der Waals surface area contributed by atoms with Crippen LogP contribution in [0.4, 0.5) is 0 Å². The van der Waals surface area contributed by atoms with Crippen molar-refractivity contribution in [3.63, 3.8) is 0 Å². The lowest BCUT2D eigenvalue weighted by Crippen LogP contribution is -2.23. The van der Waals surface area contributed by atoms with Gasteiger partial charge in [-0.1, -0.05) is 34.5 Å². The summed E-state index contributed by atoms with van der Waals surface area (Å²) in [7, 11) is 0. The Bertz CT molecular complexity index is 1420. The van der Waals surface area contributed by atoms with Gasteiger partial charge in [-0.3, -0.25) is 4.79 Å². The summed E-state index contributed by atoms with van der Waals surface area (Å²) in [5, 5.41) is 5.14. The van der Waals surface area contributed by atoms with E-state index in [9.17, 15) is 4.79 Å². The fourth-order valence-corrected chi connectivity index (χ4v) is 3.89. The van der Waals surface area contributed by atoms with Gasteiger partial charge in [-0.05, 0) is 42.5 Å². The number of aromatic nitrogens is 3. The fraction of sp³-hybridized carbons (Fsp3) is 0. The number of rotatable bonds is 3. The number of furan rings is 2. The molecule has 0 saturated carbocycles. The van der Waals surface area contributed by atoms with Gasteiger partial charge in [0.05, 0.1) is 16.3 Å².